The maximum Gasteiger partial charge on any atom is 0.426 e. The summed E-state index contributed by atoms with van der Waals surface area (Å²) in [5.41, 5.74) is 2.29. The van der Waals surface area contributed by atoms with E-state index in [1.54, 1.807) is 12.1 Å². The van der Waals surface area contributed by atoms with Crippen LogP contribution in [0.25, 0.3) is 11.1 Å². The van der Waals surface area contributed by atoms with Crippen LogP contribution in [-0.4, -0.2) is 6.61 Å². The Balaban J connectivity index is 1.34. The molecule has 3 nitrogen and oxygen atoms in total. The van der Waals surface area contributed by atoms with Crippen molar-refractivity contribution in [1.82, 2.24) is 0 Å². The zero-order valence-electron chi connectivity index (χ0n) is 22.1. The van der Waals surface area contributed by atoms with Crippen LogP contribution >= 0.6 is 0 Å². The summed E-state index contributed by atoms with van der Waals surface area (Å²) in [7, 11) is 0. The molecule has 4 rings (SSSR count). The standard InChI is InChI=1S/C32H31F5O3/c1-2-3-4-5-6-22-7-17-29(38-20-22)25-10-8-23(9-11-25)24-12-14-26(15-13-24)32(36,37)40-27-16-18-30(28(33)19-27)39-21-31(34)35/h3-4,8-16,18-19,21-22,29H,2,5-7,17,20H2,1H3. The largest absolute Gasteiger partial charge is 0.456 e. The molecule has 40 heavy (non-hydrogen) atoms. The molecular weight excluding hydrogens is 527 g/mol. The van der Waals surface area contributed by atoms with Crippen LogP contribution < -0.4 is 9.47 Å². The van der Waals surface area contributed by atoms with Crippen LogP contribution in [0.4, 0.5) is 22.0 Å². The van der Waals surface area contributed by atoms with Gasteiger partial charge in [0.2, 0.25) is 0 Å². The lowest BCUT2D eigenvalue weighted by Gasteiger charge is -2.29. The number of benzene rings is 3. The highest BCUT2D eigenvalue weighted by molar-refractivity contribution is 5.64. The van der Waals surface area contributed by atoms with E-state index in [-0.39, 0.29) is 12.4 Å². The van der Waals surface area contributed by atoms with Crippen LogP contribution in [-0.2, 0) is 10.8 Å². The van der Waals surface area contributed by atoms with Gasteiger partial charge in [-0.1, -0.05) is 55.5 Å². The van der Waals surface area contributed by atoms with Crippen molar-refractivity contribution in [2.45, 2.75) is 51.2 Å². The number of ether oxygens (including phenoxy) is 3. The summed E-state index contributed by atoms with van der Waals surface area (Å²) < 4.78 is 83.0. The number of hydrogen-bond acceptors (Lipinski definition) is 3. The van der Waals surface area contributed by atoms with Crippen molar-refractivity contribution in [2.24, 2.45) is 5.92 Å². The van der Waals surface area contributed by atoms with Gasteiger partial charge < -0.3 is 14.2 Å². The number of alkyl halides is 2. The second-order valence-electron chi connectivity index (χ2n) is 9.66. The molecule has 1 aliphatic heterocycles. The second-order valence-corrected chi connectivity index (χ2v) is 9.66. The van der Waals surface area contributed by atoms with Gasteiger partial charge in [0.1, 0.15) is 5.75 Å². The maximum atomic E-state index is 14.7. The molecule has 0 saturated carbocycles. The topological polar surface area (TPSA) is 27.7 Å². The Kier molecular flexibility index (Phi) is 9.98. The molecule has 0 radical (unpaired) electrons. The Labute approximate surface area is 230 Å². The van der Waals surface area contributed by atoms with Crippen molar-refractivity contribution in [2.75, 3.05) is 6.61 Å². The summed E-state index contributed by atoms with van der Waals surface area (Å²) in [6, 6.07) is 16.1. The van der Waals surface area contributed by atoms with Crippen LogP contribution in [0.2, 0.25) is 0 Å². The highest BCUT2D eigenvalue weighted by atomic mass is 19.3. The van der Waals surface area contributed by atoms with Crippen LogP contribution in [0, 0.1) is 11.7 Å². The lowest BCUT2D eigenvalue weighted by molar-refractivity contribution is -0.185. The van der Waals surface area contributed by atoms with Crippen molar-refractivity contribution in [1.29, 1.82) is 0 Å². The Hall–Kier alpha value is -3.65. The smallest absolute Gasteiger partial charge is 0.426 e. The molecule has 0 bridgehead atoms. The Bertz CT molecular complexity index is 1290. The van der Waals surface area contributed by atoms with E-state index in [1.807, 2.05) is 24.3 Å². The molecule has 1 fully saturated rings. The van der Waals surface area contributed by atoms with Crippen molar-refractivity contribution in [3.8, 4) is 22.6 Å². The Morgan fingerprint density at radius 1 is 0.950 bits per heavy atom. The van der Waals surface area contributed by atoms with Gasteiger partial charge in [-0.05, 0) is 79.0 Å². The van der Waals surface area contributed by atoms with E-state index in [4.69, 9.17) is 9.47 Å². The first-order valence-corrected chi connectivity index (χ1v) is 13.3. The SMILES string of the molecule is CCC=CCCC1CCC(c2ccc(-c3ccc(C(F)(F)Oc4ccc(OC=C(F)F)c(F)c4)cc3)cc2)OC1. The van der Waals surface area contributed by atoms with Crippen molar-refractivity contribution in [3.05, 3.63) is 108 Å². The summed E-state index contributed by atoms with van der Waals surface area (Å²) in [5.74, 6) is -1.57. The highest BCUT2D eigenvalue weighted by Crippen LogP contribution is 2.36. The fraction of sp³-hybridized carbons (Fsp3) is 0.312. The third-order valence-electron chi connectivity index (χ3n) is 6.78. The molecule has 2 atom stereocenters. The maximum absolute atomic E-state index is 14.7. The molecule has 0 aromatic heterocycles. The fourth-order valence-corrected chi connectivity index (χ4v) is 4.62. The zero-order chi connectivity index (χ0) is 28.5. The van der Waals surface area contributed by atoms with Crippen molar-refractivity contribution < 1.29 is 36.2 Å². The summed E-state index contributed by atoms with van der Waals surface area (Å²) in [4.78, 5) is 0. The minimum atomic E-state index is -3.76. The molecule has 3 aromatic rings. The third kappa shape index (κ3) is 7.94. The lowest BCUT2D eigenvalue weighted by Crippen LogP contribution is -2.21. The molecule has 212 valence electrons. The molecule has 0 N–H and O–H groups in total. The van der Waals surface area contributed by atoms with E-state index < -0.39 is 35.1 Å². The molecule has 2 unspecified atom stereocenters. The molecule has 1 saturated heterocycles. The molecule has 8 heteroatoms. The van der Waals surface area contributed by atoms with Crippen LogP contribution in [0.1, 0.15) is 56.3 Å². The van der Waals surface area contributed by atoms with Gasteiger partial charge >= 0.3 is 12.2 Å². The monoisotopic (exact) mass is 558 g/mol. The van der Waals surface area contributed by atoms with Crippen LogP contribution in [0.3, 0.4) is 0 Å². The van der Waals surface area contributed by atoms with Gasteiger partial charge in [0.05, 0.1) is 18.3 Å². The van der Waals surface area contributed by atoms with Gasteiger partial charge in [0.25, 0.3) is 0 Å². The average molecular weight is 559 g/mol. The number of hydrogen-bond donors (Lipinski definition) is 0. The van der Waals surface area contributed by atoms with Gasteiger partial charge in [-0.15, -0.1) is 0 Å². The van der Waals surface area contributed by atoms with E-state index in [0.29, 0.717) is 12.0 Å². The lowest BCUT2D eigenvalue weighted by atomic mass is 9.91. The van der Waals surface area contributed by atoms with Crippen molar-refractivity contribution in [3.63, 3.8) is 0 Å². The van der Waals surface area contributed by atoms with E-state index >= 15 is 0 Å². The molecule has 3 aromatic carbocycles. The first-order chi connectivity index (χ1) is 19.2. The molecule has 1 aliphatic rings. The summed E-state index contributed by atoms with van der Waals surface area (Å²) in [6.45, 7) is 2.89. The minimum Gasteiger partial charge on any atom is -0.456 e. The second kappa shape index (κ2) is 13.6. The van der Waals surface area contributed by atoms with Crippen molar-refractivity contribution >= 4 is 0 Å². The highest BCUT2D eigenvalue weighted by Gasteiger charge is 2.34. The van der Waals surface area contributed by atoms with E-state index in [9.17, 15) is 22.0 Å². The predicted octanol–water partition coefficient (Wildman–Crippen LogP) is 9.95. The first kappa shape index (κ1) is 29.3. The third-order valence-corrected chi connectivity index (χ3v) is 6.78. The van der Waals surface area contributed by atoms with Gasteiger partial charge in [-0.25, -0.2) is 4.39 Å². The molecule has 0 spiro atoms. The summed E-state index contributed by atoms with van der Waals surface area (Å²) in [5, 5.41) is 0. The molecule has 1 heterocycles. The number of halogens is 5. The minimum absolute atomic E-state index is 0.0514. The zero-order valence-corrected chi connectivity index (χ0v) is 22.1. The average Bonchev–Trinajstić information content (AvgIpc) is 2.95. The summed E-state index contributed by atoms with van der Waals surface area (Å²) >= 11 is 0. The van der Waals surface area contributed by atoms with E-state index in [2.05, 4.69) is 23.8 Å². The van der Waals surface area contributed by atoms with Gasteiger partial charge in [0.15, 0.2) is 17.8 Å². The van der Waals surface area contributed by atoms with Crippen LogP contribution in [0.15, 0.2) is 91.2 Å². The number of rotatable bonds is 11. The van der Waals surface area contributed by atoms with Gasteiger partial charge in [-0.3, -0.25) is 0 Å². The van der Waals surface area contributed by atoms with Crippen LogP contribution in [0.5, 0.6) is 11.5 Å². The summed E-state index contributed by atoms with van der Waals surface area (Å²) in [6.07, 6.45) is 4.01. The first-order valence-electron chi connectivity index (χ1n) is 13.3. The normalized spacial score (nSPS) is 17.6. The Morgan fingerprint density at radius 3 is 2.25 bits per heavy atom. The Morgan fingerprint density at radius 2 is 1.65 bits per heavy atom. The number of allylic oxidation sites excluding steroid dienone is 2. The quantitative estimate of drug-likeness (QED) is 0.133. The molecular formula is C32H31F5O3. The molecule has 0 amide bonds. The molecule has 0 aliphatic carbocycles. The van der Waals surface area contributed by atoms with Gasteiger partial charge in [0, 0.05) is 6.07 Å². The van der Waals surface area contributed by atoms with Gasteiger partial charge in [-0.2, -0.15) is 17.6 Å². The van der Waals surface area contributed by atoms with E-state index in [0.717, 1.165) is 67.5 Å². The fourth-order valence-electron chi connectivity index (χ4n) is 4.62. The van der Waals surface area contributed by atoms with E-state index in [1.165, 1.54) is 12.1 Å². The predicted molar refractivity (Wildman–Crippen MR) is 144 cm³/mol.